The highest BCUT2D eigenvalue weighted by Crippen LogP contribution is 2.38. The van der Waals surface area contributed by atoms with Gasteiger partial charge in [-0.1, -0.05) is 29.8 Å². The molecule has 1 aromatic heterocycles. The van der Waals surface area contributed by atoms with Gasteiger partial charge in [0.15, 0.2) is 0 Å². The predicted octanol–water partition coefficient (Wildman–Crippen LogP) is 4.91. The molecule has 0 saturated carbocycles. The van der Waals surface area contributed by atoms with Gasteiger partial charge >= 0.3 is 0 Å². The lowest BCUT2D eigenvalue weighted by molar-refractivity contribution is 0.416. The molecule has 0 fully saturated rings. The molecule has 4 rings (SSSR count). The summed E-state index contributed by atoms with van der Waals surface area (Å²) in [5.41, 5.74) is 6.98. The summed E-state index contributed by atoms with van der Waals surface area (Å²) >= 11 is 0. The van der Waals surface area contributed by atoms with Crippen molar-refractivity contribution < 1.29 is 4.74 Å². The van der Waals surface area contributed by atoms with Gasteiger partial charge in [0.1, 0.15) is 17.3 Å². The second-order valence-electron chi connectivity index (χ2n) is 6.96. The number of anilines is 1. The summed E-state index contributed by atoms with van der Waals surface area (Å²) in [7, 11) is 1.72. The zero-order valence-corrected chi connectivity index (χ0v) is 15.7. The van der Waals surface area contributed by atoms with Crippen molar-refractivity contribution in [1.29, 1.82) is 0 Å². The zero-order valence-electron chi connectivity index (χ0n) is 15.7. The average molecular weight is 347 g/mol. The number of rotatable bonds is 3. The Morgan fingerprint density at radius 3 is 2.73 bits per heavy atom. The van der Waals surface area contributed by atoms with Crippen LogP contribution in [0.3, 0.4) is 0 Å². The normalized spacial score (nSPS) is 13.7. The number of aryl methyl sites for hydroxylation is 2. The predicted molar refractivity (Wildman–Crippen MR) is 106 cm³/mol. The topological polar surface area (TPSA) is 39.1 Å². The highest BCUT2D eigenvalue weighted by atomic mass is 16.5. The van der Waals surface area contributed by atoms with Gasteiger partial charge in [0.2, 0.25) is 0 Å². The van der Waals surface area contributed by atoms with Crippen LogP contribution in [0.4, 0.5) is 5.82 Å². The SMILES string of the molecule is COc1ccccc1-c1nn(-c2ccc(C)cc2C)c2c1CCCCN2. The van der Waals surface area contributed by atoms with Gasteiger partial charge in [-0.3, -0.25) is 0 Å². The third kappa shape index (κ3) is 2.85. The smallest absolute Gasteiger partial charge is 0.133 e. The molecule has 4 nitrogen and oxygen atoms in total. The monoisotopic (exact) mass is 347 g/mol. The molecule has 0 amide bonds. The summed E-state index contributed by atoms with van der Waals surface area (Å²) in [6, 6.07) is 14.7. The van der Waals surface area contributed by atoms with Gasteiger partial charge in [-0.15, -0.1) is 0 Å². The first-order valence-corrected chi connectivity index (χ1v) is 9.26. The Hall–Kier alpha value is -2.75. The fourth-order valence-corrected chi connectivity index (χ4v) is 3.78. The minimum Gasteiger partial charge on any atom is -0.496 e. The summed E-state index contributed by atoms with van der Waals surface area (Å²) in [5.74, 6) is 1.99. The Labute approximate surface area is 154 Å². The van der Waals surface area contributed by atoms with Gasteiger partial charge in [0.05, 0.1) is 12.8 Å². The van der Waals surface area contributed by atoms with Crippen molar-refractivity contribution >= 4 is 5.82 Å². The number of nitrogens with zero attached hydrogens (tertiary/aromatic N) is 2. The van der Waals surface area contributed by atoms with Crippen molar-refractivity contribution in [3.63, 3.8) is 0 Å². The molecular formula is C22H25N3O. The molecule has 1 aliphatic rings. The number of aromatic nitrogens is 2. The maximum Gasteiger partial charge on any atom is 0.133 e. The van der Waals surface area contributed by atoms with E-state index in [1.807, 2.05) is 18.2 Å². The summed E-state index contributed by atoms with van der Waals surface area (Å²) in [5, 5.41) is 8.67. The molecule has 0 unspecified atom stereocenters. The third-order valence-corrected chi connectivity index (χ3v) is 5.07. The van der Waals surface area contributed by atoms with Gasteiger partial charge in [-0.05, 0) is 56.9 Å². The lowest BCUT2D eigenvalue weighted by Gasteiger charge is -2.12. The van der Waals surface area contributed by atoms with Crippen LogP contribution >= 0.6 is 0 Å². The molecule has 2 aromatic carbocycles. The van der Waals surface area contributed by atoms with Crippen LogP contribution in [0.15, 0.2) is 42.5 Å². The molecule has 134 valence electrons. The first-order valence-electron chi connectivity index (χ1n) is 9.26. The molecule has 0 atom stereocenters. The second-order valence-corrected chi connectivity index (χ2v) is 6.96. The van der Waals surface area contributed by atoms with Crippen LogP contribution < -0.4 is 10.1 Å². The minimum atomic E-state index is 0.866. The van der Waals surface area contributed by atoms with E-state index in [0.29, 0.717) is 0 Å². The fraction of sp³-hybridized carbons (Fsp3) is 0.318. The van der Waals surface area contributed by atoms with E-state index in [1.165, 1.54) is 29.5 Å². The van der Waals surface area contributed by atoms with Crippen molar-refractivity contribution in [2.45, 2.75) is 33.1 Å². The van der Waals surface area contributed by atoms with Crippen LogP contribution in [0.25, 0.3) is 16.9 Å². The number of methoxy groups -OCH3 is 1. The van der Waals surface area contributed by atoms with Crippen molar-refractivity contribution in [3.05, 3.63) is 59.2 Å². The van der Waals surface area contributed by atoms with Crippen LogP contribution in [0.5, 0.6) is 5.75 Å². The molecule has 0 radical (unpaired) electrons. The molecule has 26 heavy (non-hydrogen) atoms. The molecule has 1 N–H and O–H groups in total. The lowest BCUT2D eigenvalue weighted by Crippen LogP contribution is -2.08. The number of para-hydroxylation sites is 1. The number of fused-ring (bicyclic) bond motifs is 1. The Morgan fingerprint density at radius 2 is 1.92 bits per heavy atom. The maximum atomic E-state index is 5.61. The van der Waals surface area contributed by atoms with Crippen LogP contribution in [-0.2, 0) is 6.42 Å². The highest BCUT2D eigenvalue weighted by molar-refractivity contribution is 5.75. The quantitative estimate of drug-likeness (QED) is 0.731. The maximum absolute atomic E-state index is 5.61. The van der Waals surface area contributed by atoms with Gasteiger partial charge in [-0.2, -0.15) is 5.10 Å². The standard InChI is InChI=1S/C22H25N3O/c1-15-11-12-19(16(2)14-15)25-22-18(9-6-7-13-23-22)21(24-25)17-8-4-5-10-20(17)26-3/h4-5,8,10-12,14,23H,6-7,9,13H2,1-3H3. The van der Waals surface area contributed by atoms with E-state index in [2.05, 4.69) is 48.1 Å². The first-order chi connectivity index (χ1) is 12.7. The summed E-state index contributed by atoms with van der Waals surface area (Å²) in [4.78, 5) is 0. The molecule has 0 aliphatic carbocycles. The van der Waals surface area contributed by atoms with Gasteiger partial charge < -0.3 is 10.1 Å². The summed E-state index contributed by atoms with van der Waals surface area (Å²) in [6.07, 6.45) is 3.37. The number of benzene rings is 2. The molecule has 4 heteroatoms. The Morgan fingerprint density at radius 1 is 1.08 bits per heavy atom. The van der Waals surface area contributed by atoms with Crippen LogP contribution in [-0.4, -0.2) is 23.4 Å². The number of hydrogen-bond donors (Lipinski definition) is 1. The van der Waals surface area contributed by atoms with E-state index < -0.39 is 0 Å². The Balaban J connectivity index is 1.95. The second kappa shape index (κ2) is 6.87. The molecule has 0 spiro atoms. The van der Waals surface area contributed by atoms with Gasteiger partial charge in [0.25, 0.3) is 0 Å². The third-order valence-electron chi connectivity index (χ3n) is 5.07. The van der Waals surface area contributed by atoms with E-state index in [9.17, 15) is 0 Å². The summed E-state index contributed by atoms with van der Waals surface area (Å²) in [6.45, 7) is 5.25. The van der Waals surface area contributed by atoms with E-state index in [-0.39, 0.29) is 0 Å². The average Bonchev–Trinajstić information content (AvgIpc) is 2.83. The van der Waals surface area contributed by atoms with Crippen LogP contribution in [0, 0.1) is 13.8 Å². The van der Waals surface area contributed by atoms with E-state index >= 15 is 0 Å². The molecule has 1 aliphatic heterocycles. The van der Waals surface area contributed by atoms with E-state index in [1.54, 1.807) is 7.11 Å². The largest absolute Gasteiger partial charge is 0.496 e. The fourth-order valence-electron chi connectivity index (χ4n) is 3.78. The van der Waals surface area contributed by atoms with Crippen LogP contribution in [0.2, 0.25) is 0 Å². The van der Waals surface area contributed by atoms with Crippen molar-refractivity contribution in [1.82, 2.24) is 9.78 Å². The van der Waals surface area contributed by atoms with Crippen molar-refractivity contribution in [3.8, 4) is 22.7 Å². The Kier molecular flexibility index (Phi) is 4.41. The molecule has 2 heterocycles. The molecule has 0 saturated heterocycles. The number of nitrogens with one attached hydrogen (secondary N) is 1. The first kappa shape index (κ1) is 16.7. The molecule has 3 aromatic rings. The molecular weight excluding hydrogens is 322 g/mol. The van der Waals surface area contributed by atoms with Gasteiger partial charge in [-0.25, -0.2) is 4.68 Å². The van der Waals surface area contributed by atoms with Crippen molar-refractivity contribution in [2.75, 3.05) is 19.0 Å². The molecule has 0 bridgehead atoms. The van der Waals surface area contributed by atoms with E-state index in [4.69, 9.17) is 9.84 Å². The number of hydrogen-bond acceptors (Lipinski definition) is 3. The van der Waals surface area contributed by atoms with Gasteiger partial charge in [0, 0.05) is 17.7 Å². The van der Waals surface area contributed by atoms with Crippen molar-refractivity contribution in [2.24, 2.45) is 0 Å². The summed E-state index contributed by atoms with van der Waals surface area (Å²) < 4.78 is 7.69. The van der Waals surface area contributed by atoms with E-state index in [0.717, 1.165) is 41.5 Å². The Bertz CT molecular complexity index is 943. The zero-order chi connectivity index (χ0) is 18.1. The number of ether oxygens (including phenoxy) is 1. The lowest BCUT2D eigenvalue weighted by atomic mass is 10.0. The minimum absolute atomic E-state index is 0.866. The van der Waals surface area contributed by atoms with Crippen LogP contribution in [0.1, 0.15) is 29.5 Å². The highest BCUT2D eigenvalue weighted by Gasteiger charge is 2.23.